The number of nitrogens with zero attached hydrogens (tertiary/aromatic N) is 2. The van der Waals surface area contributed by atoms with Gasteiger partial charge in [0.05, 0.1) is 17.9 Å². The fourth-order valence-electron chi connectivity index (χ4n) is 4.04. The minimum Gasteiger partial charge on any atom is -0.491 e. The third-order valence-electron chi connectivity index (χ3n) is 5.37. The van der Waals surface area contributed by atoms with E-state index in [0.29, 0.717) is 35.2 Å². The molecule has 2 aliphatic rings. The molecule has 2 aromatic rings. The fourth-order valence-corrected chi connectivity index (χ4v) is 4.80. The first-order valence-electron chi connectivity index (χ1n) is 10.3. The van der Waals surface area contributed by atoms with E-state index >= 15 is 0 Å². The number of carbonyl (C=O) groups excluding carboxylic acids is 2. The van der Waals surface area contributed by atoms with Crippen molar-refractivity contribution in [3.63, 3.8) is 0 Å². The summed E-state index contributed by atoms with van der Waals surface area (Å²) in [5.74, 6) is 0.547. The molecule has 4 rings (SSSR count). The summed E-state index contributed by atoms with van der Waals surface area (Å²) in [4.78, 5) is 31.4. The number of para-hydroxylation sites is 2. The third kappa shape index (κ3) is 3.69. The molecular formula is C23H26N2O3S. The minimum absolute atomic E-state index is 0.250. The van der Waals surface area contributed by atoms with Crippen molar-refractivity contribution in [3.8, 4) is 5.75 Å². The van der Waals surface area contributed by atoms with E-state index in [9.17, 15) is 9.59 Å². The Labute approximate surface area is 175 Å². The summed E-state index contributed by atoms with van der Waals surface area (Å²) >= 11 is 1.49. The van der Waals surface area contributed by atoms with Crippen molar-refractivity contribution in [1.82, 2.24) is 4.90 Å². The average molecular weight is 411 g/mol. The molecule has 1 fully saturated rings. The van der Waals surface area contributed by atoms with Gasteiger partial charge in [-0.05, 0) is 48.8 Å². The molecule has 0 aliphatic carbocycles. The SMILES string of the molecule is CCCOc1ccccc1N1C(=O)C(c2cccs2)=C(N2CCCC(C)C2)C1=O. The molecule has 0 bridgehead atoms. The first-order chi connectivity index (χ1) is 14.1. The predicted octanol–water partition coefficient (Wildman–Crippen LogP) is 4.55. The lowest BCUT2D eigenvalue weighted by Gasteiger charge is -2.33. The van der Waals surface area contributed by atoms with Crippen molar-refractivity contribution in [3.05, 3.63) is 52.4 Å². The Morgan fingerprint density at radius 3 is 2.69 bits per heavy atom. The van der Waals surface area contributed by atoms with Crippen LogP contribution >= 0.6 is 11.3 Å². The van der Waals surface area contributed by atoms with Crippen LogP contribution in [-0.2, 0) is 9.59 Å². The van der Waals surface area contributed by atoms with E-state index in [4.69, 9.17) is 4.74 Å². The second-order valence-electron chi connectivity index (χ2n) is 7.66. The highest BCUT2D eigenvalue weighted by Gasteiger charge is 2.44. The summed E-state index contributed by atoms with van der Waals surface area (Å²) in [6, 6.07) is 11.1. The van der Waals surface area contributed by atoms with Gasteiger partial charge in [0.2, 0.25) is 0 Å². The highest BCUT2D eigenvalue weighted by Crippen LogP contribution is 2.40. The lowest BCUT2D eigenvalue weighted by Crippen LogP contribution is -2.39. The second kappa shape index (κ2) is 8.41. The van der Waals surface area contributed by atoms with E-state index in [0.717, 1.165) is 37.2 Å². The third-order valence-corrected chi connectivity index (χ3v) is 6.26. The van der Waals surface area contributed by atoms with Gasteiger partial charge in [-0.3, -0.25) is 9.59 Å². The highest BCUT2D eigenvalue weighted by molar-refractivity contribution is 7.11. The molecule has 3 heterocycles. The number of ether oxygens (including phenoxy) is 1. The molecule has 6 heteroatoms. The quantitative estimate of drug-likeness (QED) is 0.656. The smallest absolute Gasteiger partial charge is 0.282 e. The van der Waals surface area contributed by atoms with Crippen LogP contribution in [0.1, 0.15) is 38.0 Å². The van der Waals surface area contributed by atoms with Crippen molar-refractivity contribution in [1.29, 1.82) is 0 Å². The maximum absolute atomic E-state index is 13.6. The standard InChI is InChI=1S/C23H26N2O3S/c1-3-13-28-18-10-5-4-9-17(18)25-22(26)20(19-11-7-14-29-19)21(23(25)27)24-12-6-8-16(2)15-24/h4-5,7,9-11,14,16H,3,6,8,12-13,15H2,1-2H3. The second-order valence-corrected chi connectivity index (χ2v) is 8.60. The summed E-state index contributed by atoms with van der Waals surface area (Å²) in [5.41, 5.74) is 1.57. The fraction of sp³-hybridized carbons (Fsp3) is 0.391. The lowest BCUT2D eigenvalue weighted by atomic mass is 9.99. The molecule has 1 aromatic heterocycles. The molecule has 152 valence electrons. The largest absolute Gasteiger partial charge is 0.491 e. The topological polar surface area (TPSA) is 49.9 Å². The minimum atomic E-state index is -0.266. The Kier molecular flexibility index (Phi) is 5.72. The summed E-state index contributed by atoms with van der Waals surface area (Å²) in [6.07, 6.45) is 3.03. The van der Waals surface area contributed by atoms with E-state index in [1.165, 1.54) is 16.2 Å². The van der Waals surface area contributed by atoms with Crippen LogP contribution in [0.25, 0.3) is 5.57 Å². The number of thiophene rings is 1. The van der Waals surface area contributed by atoms with Crippen molar-refractivity contribution < 1.29 is 14.3 Å². The Hall–Kier alpha value is -2.60. The van der Waals surface area contributed by atoms with Gasteiger partial charge in [-0.2, -0.15) is 0 Å². The van der Waals surface area contributed by atoms with E-state index in [1.54, 1.807) is 6.07 Å². The summed E-state index contributed by atoms with van der Waals surface area (Å²) < 4.78 is 5.84. The highest BCUT2D eigenvalue weighted by atomic mass is 32.1. The van der Waals surface area contributed by atoms with E-state index in [2.05, 4.69) is 11.8 Å². The number of anilines is 1. The number of hydrogen-bond acceptors (Lipinski definition) is 5. The van der Waals surface area contributed by atoms with Gasteiger partial charge in [-0.15, -0.1) is 11.3 Å². The van der Waals surface area contributed by atoms with Gasteiger partial charge in [-0.25, -0.2) is 4.90 Å². The maximum atomic E-state index is 13.6. The molecular weight excluding hydrogens is 384 g/mol. The zero-order valence-corrected chi connectivity index (χ0v) is 17.7. The molecule has 2 amide bonds. The van der Waals surface area contributed by atoms with Crippen LogP contribution < -0.4 is 9.64 Å². The number of piperidine rings is 1. The van der Waals surface area contributed by atoms with Gasteiger partial charge in [0.1, 0.15) is 11.4 Å². The average Bonchev–Trinajstić information content (AvgIpc) is 3.33. The number of amides is 2. The van der Waals surface area contributed by atoms with Gasteiger partial charge < -0.3 is 9.64 Å². The van der Waals surface area contributed by atoms with Crippen LogP contribution in [0.4, 0.5) is 5.69 Å². The Bertz CT molecular complexity index is 935. The molecule has 2 aliphatic heterocycles. The van der Waals surface area contributed by atoms with Crippen molar-refractivity contribution in [2.24, 2.45) is 5.92 Å². The Morgan fingerprint density at radius 1 is 1.14 bits per heavy atom. The molecule has 1 saturated heterocycles. The van der Waals surface area contributed by atoms with Crippen molar-refractivity contribution in [2.45, 2.75) is 33.1 Å². The zero-order chi connectivity index (χ0) is 20.4. The molecule has 29 heavy (non-hydrogen) atoms. The van der Waals surface area contributed by atoms with Crippen LogP contribution in [0.5, 0.6) is 5.75 Å². The molecule has 1 unspecified atom stereocenters. The van der Waals surface area contributed by atoms with Gasteiger partial charge in [0.25, 0.3) is 11.8 Å². The molecule has 1 aromatic carbocycles. The number of carbonyl (C=O) groups is 2. The monoisotopic (exact) mass is 410 g/mol. The van der Waals surface area contributed by atoms with Gasteiger partial charge in [0.15, 0.2) is 0 Å². The molecule has 0 radical (unpaired) electrons. The molecule has 0 N–H and O–H groups in total. The van der Waals surface area contributed by atoms with E-state index < -0.39 is 0 Å². The molecule has 5 nitrogen and oxygen atoms in total. The maximum Gasteiger partial charge on any atom is 0.282 e. The summed E-state index contributed by atoms with van der Waals surface area (Å²) in [6.45, 7) is 6.36. The molecule has 0 spiro atoms. The normalized spacial score (nSPS) is 20.0. The Balaban J connectivity index is 1.77. The predicted molar refractivity (Wildman–Crippen MR) is 116 cm³/mol. The number of benzene rings is 1. The van der Waals surface area contributed by atoms with Crippen LogP contribution in [0.15, 0.2) is 47.5 Å². The number of hydrogen-bond donors (Lipinski definition) is 0. The molecule has 0 saturated carbocycles. The van der Waals surface area contributed by atoms with Crippen LogP contribution in [0.2, 0.25) is 0 Å². The van der Waals surface area contributed by atoms with E-state index in [-0.39, 0.29) is 11.8 Å². The van der Waals surface area contributed by atoms with Gasteiger partial charge in [-0.1, -0.05) is 32.0 Å². The first-order valence-corrected chi connectivity index (χ1v) is 11.1. The number of rotatable bonds is 6. The Morgan fingerprint density at radius 2 is 1.97 bits per heavy atom. The van der Waals surface area contributed by atoms with Gasteiger partial charge in [0, 0.05) is 18.0 Å². The summed E-state index contributed by atoms with van der Waals surface area (Å²) in [5, 5.41) is 1.94. The number of imide groups is 1. The first kappa shape index (κ1) is 19.7. The molecule has 1 atom stereocenters. The van der Waals surface area contributed by atoms with Gasteiger partial charge >= 0.3 is 0 Å². The van der Waals surface area contributed by atoms with Crippen LogP contribution in [0, 0.1) is 5.92 Å². The van der Waals surface area contributed by atoms with E-state index in [1.807, 2.05) is 42.6 Å². The number of likely N-dealkylation sites (tertiary alicyclic amines) is 1. The zero-order valence-electron chi connectivity index (χ0n) is 16.9. The van der Waals surface area contributed by atoms with Crippen molar-refractivity contribution >= 4 is 34.4 Å². The van der Waals surface area contributed by atoms with Crippen LogP contribution in [-0.4, -0.2) is 36.4 Å². The summed E-state index contributed by atoms with van der Waals surface area (Å²) in [7, 11) is 0. The lowest BCUT2D eigenvalue weighted by molar-refractivity contribution is -0.120. The van der Waals surface area contributed by atoms with Crippen molar-refractivity contribution in [2.75, 3.05) is 24.6 Å². The van der Waals surface area contributed by atoms with Crippen LogP contribution in [0.3, 0.4) is 0 Å².